The Balaban J connectivity index is 3.04. The maximum Gasteiger partial charge on any atom is 0.106 e. The number of nitrogens with zero attached hydrogens (tertiary/aromatic N) is 1. The van der Waals surface area contributed by atoms with E-state index in [4.69, 9.17) is 0 Å². The SMILES string of the molecule is [CH2]c1nc(C)c[nH]1. The third-order valence-electron chi connectivity index (χ3n) is 0.759. The van der Waals surface area contributed by atoms with E-state index in [0.717, 1.165) is 11.5 Å². The van der Waals surface area contributed by atoms with Crippen LogP contribution < -0.4 is 0 Å². The average Bonchev–Trinajstić information content (AvgIpc) is 1.87. The molecule has 0 aliphatic rings. The highest BCUT2D eigenvalue weighted by Crippen LogP contribution is 1.89. The van der Waals surface area contributed by atoms with Crippen LogP contribution in [-0.2, 0) is 0 Å². The lowest BCUT2D eigenvalue weighted by atomic mass is 10.6. The monoisotopic (exact) mass is 95.1 g/mol. The first-order valence-corrected chi connectivity index (χ1v) is 2.13. The van der Waals surface area contributed by atoms with Gasteiger partial charge in [0.15, 0.2) is 0 Å². The van der Waals surface area contributed by atoms with Gasteiger partial charge in [-0.25, -0.2) is 4.98 Å². The van der Waals surface area contributed by atoms with Crippen LogP contribution in [0, 0.1) is 13.8 Å². The number of nitrogens with one attached hydrogen (secondary N) is 1. The van der Waals surface area contributed by atoms with Crippen molar-refractivity contribution in [2.75, 3.05) is 0 Å². The molecule has 1 aromatic rings. The van der Waals surface area contributed by atoms with Crippen molar-refractivity contribution < 1.29 is 0 Å². The van der Waals surface area contributed by atoms with Crippen LogP contribution in [-0.4, -0.2) is 9.97 Å². The molecule has 0 fully saturated rings. The van der Waals surface area contributed by atoms with Gasteiger partial charge in [-0.05, 0) is 6.92 Å². The van der Waals surface area contributed by atoms with Crippen LogP contribution in [0.5, 0.6) is 0 Å². The molecule has 0 aliphatic heterocycles. The summed E-state index contributed by atoms with van der Waals surface area (Å²) in [5.41, 5.74) is 0.991. The quantitative estimate of drug-likeness (QED) is 0.509. The Kier molecular flexibility index (Phi) is 0.855. The summed E-state index contributed by atoms with van der Waals surface area (Å²) in [7, 11) is 0. The van der Waals surface area contributed by atoms with E-state index in [0.29, 0.717) is 0 Å². The van der Waals surface area contributed by atoms with Crippen molar-refractivity contribution in [2.24, 2.45) is 0 Å². The van der Waals surface area contributed by atoms with Gasteiger partial charge in [-0.2, -0.15) is 0 Å². The maximum absolute atomic E-state index is 3.94. The van der Waals surface area contributed by atoms with Crippen molar-refractivity contribution in [1.82, 2.24) is 9.97 Å². The molecular weight excluding hydrogens is 88.1 g/mol. The van der Waals surface area contributed by atoms with Crippen LogP contribution in [0.2, 0.25) is 0 Å². The Morgan fingerprint density at radius 1 is 1.86 bits per heavy atom. The molecule has 0 aliphatic carbocycles. The van der Waals surface area contributed by atoms with Gasteiger partial charge in [-0.3, -0.25) is 0 Å². The molecular formula is C5H7N2. The number of hydrogen-bond donors (Lipinski definition) is 1. The van der Waals surface area contributed by atoms with Crippen molar-refractivity contribution >= 4 is 0 Å². The van der Waals surface area contributed by atoms with E-state index in [1.807, 2.05) is 13.1 Å². The van der Waals surface area contributed by atoms with Crippen LogP contribution in [0.3, 0.4) is 0 Å². The standard InChI is InChI=1S/C5H7N2/c1-4-3-6-5(2)7-4/h3H,2H2,1H3,(H,6,7). The molecule has 0 bridgehead atoms. The summed E-state index contributed by atoms with van der Waals surface area (Å²) in [6.45, 7) is 5.50. The largest absolute Gasteiger partial charge is 0.348 e. The highest BCUT2D eigenvalue weighted by molar-refractivity contribution is 4.99. The van der Waals surface area contributed by atoms with E-state index < -0.39 is 0 Å². The second kappa shape index (κ2) is 1.37. The minimum absolute atomic E-state index is 0.734. The number of rotatable bonds is 0. The molecule has 0 unspecified atom stereocenters. The van der Waals surface area contributed by atoms with Gasteiger partial charge in [0.2, 0.25) is 0 Å². The van der Waals surface area contributed by atoms with E-state index in [-0.39, 0.29) is 0 Å². The molecule has 1 N–H and O–H groups in total. The molecule has 0 aromatic carbocycles. The summed E-state index contributed by atoms with van der Waals surface area (Å²) in [6, 6.07) is 0. The lowest BCUT2D eigenvalue weighted by molar-refractivity contribution is 1.19. The number of aromatic nitrogens is 2. The fourth-order valence-electron chi connectivity index (χ4n) is 0.465. The molecule has 2 nitrogen and oxygen atoms in total. The zero-order chi connectivity index (χ0) is 5.28. The lowest BCUT2D eigenvalue weighted by Gasteiger charge is -1.71. The van der Waals surface area contributed by atoms with Crippen molar-refractivity contribution in [3.63, 3.8) is 0 Å². The zero-order valence-corrected chi connectivity index (χ0v) is 4.23. The predicted octanol–water partition coefficient (Wildman–Crippen LogP) is 0.900. The van der Waals surface area contributed by atoms with Gasteiger partial charge < -0.3 is 4.98 Å². The van der Waals surface area contributed by atoms with Crippen LogP contribution in [0.25, 0.3) is 0 Å². The minimum atomic E-state index is 0.734. The summed E-state index contributed by atoms with van der Waals surface area (Å²) < 4.78 is 0. The van der Waals surface area contributed by atoms with Crippen molar-refractivity contribution in [3.05, 3.63) is 24.6 Å². The molecule has 0 amide bonds. The first-order chi connectivity index (χ1) is 3.29. The number of aromatic amines is 1. The topological polar surface area (TPSA) is 28.7 Å². The van der Waals surface area contributed by atoms with E-state index in [2.05, 4.69) is 16.9 Å². The summed E-state index contributed by atoms with van der Waals surface area (Å²) in [5.74, 6) is 0.734. The second-order valence-electron chi connectivity index (χ2n) is 1.49. The van der Waals surface area contributed by atoms with Crippen molar-refractivity contribution in [1.29, 1.82) is 0 Å². The van der Waals surface area contributed by atoms with Gasteiger partial charge in [0.1, 0.15) is 5.82 Å². The smallest absolute Gasteiger partial charge is 0.106 e. The highest BCUT2D eigenvalue weighted by Gasteiger charge is 1.84. The lowest BCUT2D eigenvalue weighted by Crippen LogP contribution is -1.70. The summed E-state index contributed by atoms with van der Waals surface area (Å²) in [5, 5.41) is 0. The van der Waals surface area contributed by atoms with Crippen molar-refractivity contribution in [3.8, 4) is 0 Å². The number of H-pyrrole nitrogens is 1. The van der Waals surface area contributed by atoms with Gasteiger partial charge in [0.25, 0.3) is 0 Å². The predicted molar refractivity (Wildman–Crippen MR) is 27.8 cm³/mol. The molecule has 1 heterocycles. The van der Waals surface area contributed by atoms with Crippen molar-refractivity contribution in [2.45, 2.75) is 6.92 Å². The summed E-state index contributed by atoms with van der Waals surface area (Å²) in [6.07, 6.45) is 1.82. The highest BCUT2D eigenvalue weighted by atomic mass is 14.9. The average molecular weight is 95.1 g/mol. The number of hydrogen-bond acceptors (Lipinski definition) is 1. The van der Waals surface area contributed by atoms with E-state index in [1.165, 1.54) is 0 Å². The Morgan fingerprint density at radius 2 is 2.57 bits per heavy atom. The zero-order valence-electron chi connectivity index (χ0n) is 4.23. The van der Waals surface area contributed by atoms with Crippen LogP contribution in [0.4, 0.5) is 0 Å². The number of aryl methyl sites for hydroxylation is 1. The molecule has 1 rings (SSSR count). The fraction of sp³-hybridized carbons (Fsp3) is 0.200. The van der Waals surface area contributed by atoms with Gasteiger partial charge in [0.05, 0.1) is 5.69 Å². The van der Waals surface area contributed by atoms with Gasteiger partial charge in [-0.15, -0.1) is 0 Å². The van der Waals surface area contributed by atoms with E-state index in [1.54, 1.807) is 0 Å². The van der Waals surface area contributed by atoms with Gasteiger partial charge in [-0.1, -0.05) is 0 Å². The summed E-state index contributed by atoms with van der Waals surface area (Å²) in [4.78, 5) is 6.79. The molecule has 0 spiro atoms. The normalized spacial score (nSPS) is 9.43. The Morgan fingerprint density at radius 3 is 2.71 bits per heavy atom. The third-order valence-corrected chi connectivity index (χ3v) is 0.759. The third kappa shape index (κ3) is 0.796. The molecule has 37 valence electrons. The molecule has 0 saturated carbocycles. The molecule has 0 saturated heterocycles. The minimum Gasteiger partial charge on any atom is -0.348 e. The van der Waals surface area contributed by atoms with Crippen LogP contribution in [0.1, 0.15) is 11.5 Å². The molecule has 2 heteroatoms. The van der Waals surface area contributed by atoms with Gasteiger partial charge >= 0.3 is 0 Å². The fourth-order valence-corrected chi connectivity index (χ4v) is 0.465. The van der Waals surface area contributed by atoms with Gasteiger partial charge in [0, 0.05) is 13.1 Å². The van der Waals surface area contributed by atoms with E-state index in [9.17, 15) is 0 Å². The maximum atomic E-state index is 3.94. The Bertz CT molecular complexity index is 138. The first-order valence-electron chi connectivity index (χ1n) is 2.13. The molecule has 0 atom stereocenters. The Hall–Kier alpha value is -0.790. The van der Waals surface area contributed by atoms with E-state index >= 15 is 0 Å². The molecule has 1 radical (unpaired) electrons. The van der Waals surface area contributed by atoms with Crippen LogP contribution >= 0.6 is 0 Å². The first kappa shape index (κ1) is 4.37. The second-order valence-corrected chi connectivity index (χ2v) is 1.49. The number of imidazole rings is 1. The van der Waals surface area contributed by atoms with Crippen LogP contribution in [0.15, 0.2) is 6.20 Å². The molecule has 7 heavy (non-hydrogen) atoms. The Labute approximate surface area is 42.6 Å². The molecule has 1 aromatic heterocycles. The summed E-state index contributed by atoms with van der Waals surface area (Å²) >= 11 is 0.